The van der Waals surface area contributed by atoms with Gasteiger partial charge in [-0.15, -0.1) is 23.1 Å². The highest BCUT2D eigenvalue weighted by Crippen LogP contribution is 2.27. The Morgan fingerprint density at radius 3 is 2.74 bits per heavy atom. The topological polar surface area (TPSA) is 72.2 Å². The lowest BCUT2D eigenvalue weighted by Gasteiger charge is -2.10. The molecule has 5 rings (SSSR count). The number of nitrogens with one attached hydrogen (secondary N) is 1. The molecule has 0 aliphatic rings. The van der Waals surface area contributed by atoms with Crippen LogP contribution in [0.3, 0.4) is 0 Å². The highest BCUT2D eigenvalue weighted by atomic mass is 32.2. The highest BCUT2D eigenvalue weighted by molar-refractivity contribution is 7.98. The van der Waals surface area contributed by atoms with E-state index >= 15 is 0 Å². The quantitative estimate of drug-likeness (QED) is 0.356. The Balaban J connectivity index is 1.30. The number of nitrogens with zero attached hydrogens (tertiary/aromatic N) is 4. The minimum atomic E-state index is -0.133. The number of carbonyl (C=O) groups is 1. The number of amides is 1. The minimum absolute atomic E-state index is 0.133. The zero-order valence-corrected chi connectivity index (χ0v) is 17.9. The van der Waals surface area contributed by atoms with Crippen LogP contribution in [0.5, 0.6) is 0 Å². The Labute approximate surface area is 187 Å². The largest absolute Gasteiger partial charge is 0.322 e. The number of carbonyl (C=O) groups excluding carboxylic acids is 1. The van der Waals surface area contributed by atoms with E-state index in [0.717, 1.165) is 33.3 Å². The molecule has 0 radical (unpaired) electrons. The summed E-state index contributed by atoms with van der Waals surface area (Å²) in [6, 6.07) is 17.2. The molecule has 1 N–H and O–H groups in total. The van der Waals surface area contributed by atoms with Crippen molar-refractivity contribution in [3.05, 3.63) is 95.3 Å². The summed E-state index contributed by atoms with van der Waals surface area (Å²) in [6.07, 6.45) is 5.57. The van der Waals surface area contributed by atoms with Crippen molar-refractivity contribution in [1.29, 1.82) is 0 Å². The number of rotatable bonds is 6. The van der Waals surface area contributed by atoms with Gasteiger partial charge in [0, 0.05) is 45.9 Å². The Morgan fingerprint density at radius 1 is 1.06 bits per heavy atom. The third-order valence-electron chi connectivity index (χ3n) is 4.66. The third kappa shape index (κ3) is 4.35. The van der Waals surface area contributed by atoms with Crippen LogP contribution in [0, 0.1) is 0 Å². The predicted octanol–water partition coefficient (Wildman–Crippen LogP) is 5.40. The molecule has 0 aliphatic carbocycles. The van der Waals surface area contributed by atoms with Crippen LogP contribution in [-0.2, 0) is 5.75 Å². The lowest BCUT2D eigenvalue weighted by atomic mass is 10.1. The normalized spacial score (nSPS) is 11.0. The number of anilines is 1. The molecule has 0 bridgehead atoms. The van der Waals surface area contributed by atoms with Crippen molar-refractivity contribution in [2.45, 2.75) is 10.6 Å². The maximum atomic E-state index is 12.9. The Morgan fingerprint density at radius 2 is 1.94 bits per heavy atom. The molecule has 6 nitrogen and oxygen atoms in total. The van der Waals surface area contributed by atoms with E-state index in [-0.39, 0.29) is 5.91 Å². The zero-order chi connectivity index (χ0) is 21.0. The SMILES string of the molecule is O=C(Nc1ccc(-c2cn3cccnc3n2)cc1)c1ccccc1SCc1cscn1. The molecule has 5 aromatic rings. The van der Waals surface area contributed by atoms with Gasteiger partial charge in [0.2, 0.25) is 5.78 Å². The third-order valence-corrected chi connectivity index (χ3v) is 6.41. The molecule has 0 aliphatic heterocycles. The maximum absolute atomic E-state index is 12.9. The lowest BCUT2D eigenvalue weighted by Crippen LogP contribution is -2.12. The number of hydrogen-bond donors (Lipinski definition) is 1. The van der Waals surface area contributed by atoms with E-state index in [1.165, 1.54) is 0 Å². The predicted molar refractivity (Wildman–Crippen MR) is 124 cm³/mol. The molecule has 0 unspecified atom stereocenters. The van der Waals surface area contributed by atoms with Gasteiger partial charge in [-0.05, 0) is 30.3 Å². The van der Waals surface area contributed by atoms with Gasteiger partial charge >= 0.3 is 0 Å². The van der Waals surface area contributed by atoms with Crippen LogP contribution in [0.25, 0.3) is 17.0 Å². The fourth-order valence-corrected chi connectivity index (χ4v) is 4.75. The van der Waals surface area contributed by atoms with Gasteiger partial charge < -0.3 is 5.32 Å². The molecule has 3 aromatic heterocycles. The lowest BCUT2D eigenvalue weighted by molar-refractivity contribution is 0.102. The van der Waals surface area contributed by atoms with Gasteiger partial charge in [0.05, 0.1) is 22.5 Å². The molecule has 1 amide bonds. The molecular formula is C23H17N5OS2. The first-order valence-electron chi connectivity index (χ1n) is 9.57. The number of fused-ring (bicyclic) bond motifs is 1. The van der Waals surface area contributed by atoms with Gasteiger partial charge in [-0.2, -0.15) is 0 Å². The Kier molecular flexibility index (Phi) is 5.47. The average molecular weight is 444 g/mol. The summed E-state index contributed by atoms with van der Waals surface area (Å²) in [5.74, 6) is 1.25. The van der Waals surface area contributed by atoms with Crippen LogP contribution in [0.15, 0.2) is 89.0 Å². The summed E-state index contributed by atoms with van der Waals surface area (Å²) in [6.45, 7) is 0. The molecule has 0 saturated carbocycles. The van der Waals surface area contributed by atoms with Crippen molar-refractivity contribution in [3.63, 3.8) is 0 Å². The second kappa shape index (κ2) is 8.71. The van der Waals surface area contributed by atoms with E-state index in [4.69, 9.17) is 0 Å². The van der Waals surface area contributed by atoms with Crippen LogP contribution in [-0.4, -0.2) is 25.3 Å². The van der Waals surface area contributed by atoms with Gasteiger partial charge in [0.15, 0.2) is 0 Å². The van der Waals surface area contributed by atoms with Crippen LogP contribution >= 0.6 is 23.1 Å². The van der Waals surface area contributed by atoms with E-state index < -0.39 is 0 Å². The summed E-state index contributed by atoms with van der Waals surface area (Å²) in [5, 5.41) is 5.02. The molecule has 3 heterocycles. The molecule has 152 valence electrons. The minimum Gasteiger partial charge on any atom is -0.322 e. The van der Waals surface area contributed by atoms with Crippen molar-refractivity contribution in [1.82, 2.24) is 19.4 Å². The van der Waals surface area contributed by atoms with Gasteiger partial charge in [-0.3, -0.25) is 9.20 Å². The summed E-state index contributed by atoms with van der Waals surface area (Å²) in [5.41, 5.74) is 6.01. The van der Waals surface area contributed by atoms with Crippen molar-refractivity contribution < 1.29 is 4.79 Å². The summed E-state index contributed by atoms with van der Waals surface area (Å²) in [4.78, 5) is 26.9. The smallest absolute Gasteiger partial charge is 0.256 e. The first-order valence-corrected chi connectivity index (χ1v) is 11.5. The number of thioether (sulfide) groups is 1. The summed E-state index contributed by atoms with van der Waals surface area (Å²) < 4.78 is 1.88. The number of benzene rings is 2. The molecule has 2 aromatic carbocycles. The fourth-order valence-electron chi connectivity index (χ4n) is 3.13. The van der Waals surface area contributed by atoms with Gasteiger partial charge in [-0.25, -0.2) is 15.0 Å². The monoisotopic (exact) mass is 443 g/mol. The van der Waals surface area contributed by atoms with Crippen LogP contribution < -0.4 is 5.32 Å². The van der Waals surface area contributed by atoms with Gasteiger partial charge in [0.25, 0.3) is 5.91 Å². The van der Waals surface area contributed by atoms with Crippen molar-refractivity contribution in [2.75, 3.05) is 5.32 Å². The van der Waals surface area contributed by atoms with E-state index in [9.17, 15) is 4.79 Å². The zero-order valence-electron chi connectivity index (χ0n) is 16.3. The van der Waals surface area contributed by atoms with E-state index in [2.05, 4.69) is 20.3 Å². The molecule has 31 heavy (non-hydrogen) atoms. The van der Waals surface area contributed by atoms with Gasteiger partial charge in [0.1, 0.15) is 0 Å². The van der Waals surface area contributed by atoms with E-state index in [1.807, 2.05) is 82.3 Å². The van der Waals surface area contributed by atoms with Crippen molar-refractivity contribution >= 4 is 40.5 Å². The van der Waals surface area contributed by atoms with Gasteiger partial charge in [-0.1, -0.05) is 24.3 Å². The molecular weight excluding hydrogens is 426 g/mol. The second-order valence-corrected chi connectivity index (χ2v) is 8.49. The Hall–Kier alpha value is -3.49. The molecule has 0 atom stereocenters. The van der Waals surface area contributed by atoms with E-state index in [0.29, 0.717) is 11.3 Å². The number of aromatic nitrogens is 4. The molecule has 0 fully saturated rings. The molecule has 0 spiro atoms. The Bertz CT molecular complexity index is 1300. The van der Waals surface area contributed by atoms with E-state index in [1.54, 1.807) is 29.3 Å². The number of hydrogen-bond acceptors (Lipinski definition) is 6. The molecule has 8 heteroatoms. The molecule has 0 saturated heterocycles. The van der Waals surface area contributed by atoms with Crippen molar-refractivity contribution in [2.24, 2.45) is 0 Å². The van der Waals surface area contributed by atoms with Crippen LogP contribution in [0.2, 0.25) is 0 Å². The second-order valence-electron chi connectivity index (χ2n) is 6.75. The highest BCUT2D eigenvalue weighted by Gasteiger charge is 2.13. The van der Waals surface area contributed by atoms with Crippen LogP contribution in [0.4, 0.5) is 5.69 Å². The number of thiazole rings is 1. The first-order chi connectivity index (χ1) is 15.3. The summed E-state index contributed by atoms with van der Waals surface area (Å²) >= 11 is 3.19. The maximum Gasteiger partial charge on any atom is 0.256 e. The summed E-state index contributed by atoms with van der Waals surface area (Å²) in [7, 11) is 0. The standard InChI is InChI=1S/C23H17N5OS2/c29-22(19-4-1-2-5-21(19)31-14-18-13-30-15-25-18)26-17-8-6-16(7-9-17)20-12-28-11-3-10-24-23(28)27-20/h1-13,15H,14H2,(H,26,29). The fraction of sp³-hybridized carbons (Fsp3) is 0.0435. The van der Waals surface area contributed by atoms with Crippen LogP contribution in [0.1, 0.15) is 16.1 Å². The number of imidazole rings is 1. The average Bonchev–Trinajstić information content (AvgIpc) is 3.48. The first kappa shape index (κ1) is 19.5. The van der Waals surface area contributed by atoms with Crippen molar-refractivity contribution in [3.8, 4) is 11.3 Å².